The van der Waals surface area contributed by atoms with Crippen LogP contribution in [0.5, 0.6) is 0 Å². The Labute approximate surface area is 100.0 Å². The van der Waals surface area contributed by atoms with Gasteiger partial charge in [0.05, 0.1) is 5.66 Å². The summed E-state index contributed by atoms with van der Waals surface area (Å²) in [5.74, 6) is 1.83. The first kappa shape index (κ1) is 11.0. The van der Waals surface area contributed by atoms with Gasteiger partial charge in [-0.1, -0.05) is 13.8 Å². The van der Waals surface area contributed by atoms with Crippen LogP contribution in [0.25, 0.3) is 0 Å². The van der Waals surface area contributed by atoms with Gasteiger partial charge in [-0.05, 0) is 44.6 Å². The predicted molar refractivity (Wildman–Crippen MR) is 67.3 cm³/mol. The van der Waals surface area contributed by atoms with Gasteiger partial charge in [0.15, 0.2) is 0 Å². The molecular formula is C14H26N2. The highest BCUT2D eigenvalue weighted by Crippen LogP contribution is 2.49. The van der Waals surface area contributed by atoms with Gasteiger partial charge >= 0.3 is 0 Å². The molecule has 2 unspecified atom stereocenters. The Kier molecular flexibility index (Phi) is 2.75. The van der Waals surface area contributed by atoms with E-state index in [9.17, 15) is 0 Å². The summed E-state index contributed by atoms with van der Waals surface area (Å²) in [6.07, 6.45) is 7.18. The molecular weight excluding hydrogens is 196 g/mol. The van der Waals surface area contributed by atoms with Crippen molar-refractivity contribution in [2.45, 2.75) is 51.6 Å². The van der Waals surface area contributed by atoms with Crippen LogP contribution in [0.4, 0.5) is 0 Å². The minimum absolute atomic E-state index is 0.529. The lowest BCUT2D eigenvalue weighted by Crippen LogP contribution is -2.78. The minimum atomic E-state index is 0.529. The van der Waals surface area contributed by atoms with Crippen LogP contribution in [0, 0.1) is 11.8 Å². The first-order chi connectivity index (χ1) is 7.73. The molecule has 0 aliphatic carbocycles. The van der Waals surface area contributed by atoms with Crippen molar-refractivity contribution in [2.24, 2.45) is 11.8 Å². The minimum Gasteiger partial charge on any atom is -0.285 e. The van der Waals surface area contributed by atoms with Crippen LogP contribution >= 0.6 is 0 Å². The molecule has 3 fully saturated rings. The first-order valence-corrected chi connectivity index (χ1v) is 7.23. The molecule has 3 heterocycles. The quantitative estimate of drug-likeness (QED) is 0.708. The SMILES string of the molecule is CC(C)CC1CN2CCCN3CCCCC132. The summed E-state index contributed by atoms with van der Waals surface area (Å²) in [6, 6.07) is 0. The van der Waals surface area contributed by atoms with Crippen LogP contribution in [-0.4, -0.2) is 41.6 Å². The Balaban J connectivity index is 1.79. The molecule has 3 aliphatic heterocycles. The predicted octanol–water partition coefficient (Wildman–Crippen LogP) is 2.55. The summed E-state index contributed by atoms with van der Waals surface area (Å²) in [5.41, 5.74) is 0.529. The molecule has 0 saturated carbocycles. The number of hydrogen-bond donors (Lipinski definition) is 0. The zero-order chi connectivity index (χ0) is 11.2. The lowest BCUT2D eigenvalue weighted by Gasteiger charge is -2.68. The van der Waals surface area contributed by atoms with E-state index >= 15 is 0 Å². The van der Waals surface area contributed by atoms with Gasteiger partial charge in [0.1, 0.15) is 0 Å². The van der Waals surface area contributed by atoms with Crippen molar-refractivity contribution in [1.82, 2.24) is 9.80 Å². The normalized spacial score (nSPS) is 40.3. The van der Waals surface area contributed by atoms with Crippen LogP contribution in [0.1, 0.15) is 46.0 Å². The van der Waals surface area contributed by atoms with Gasteiger partial charge in [0, 0.05) is 25.6 Å². The summed E-state index contributed by atoms with van der Waals surface area (Å²) < 4.78 is 0. The van der Waals surface area contributed by atoms with E-state index in [0.29, 0.717) is 5.66 Å². The van der Waals surface area contributed by atoms with E-state index in [2.05, 4.69) is 23.6 Å². The Morgan fingerprint density at radius 2 is 1.81 bits per heavy atom. The Morgan fingerprint density at radius 1 is 1.06 bits per heavy atom. The van der Waals surface area contributed by atoms with Gasteiger partial charge in [-0.2, -0.15) is 0 Å². The highest BCUT2D eigenvalue weighted by atomic mass is 15.5. The second kappa shape index (κ2) is 3.99. The van der Waals surface area contributed by atoms with Crippen LogP contribution in [-0.2, 0) is 0 Å². The molecule has 0 aromatic rings. The fourth-order valence-corrected chi connectivity index (χ4v) is 4.45. The number of rotatable bonds is 2. The van der Waals surface area contributed by atoms with Crippen molar-refractivity contribution in [3.63, 3.8) is 0 Å². The molecule has 0 N–H and O–H groups in total. The average molecular weight is 222 g/mol. The monoisotopic (exact) mass is 222 g/mol. The molecule has 0 aromatic heterocycles. The molecule has 92 valence electrons. The van der Waals surface area contributed by atoms with Crippen LogP contribution in [0.15, 0.2) is 0 Å². The van der Waals surface area contributed by atoms with Crippen molar-refractivity contribution in [3.05, 3.63) is 0 Å². The number of piperidine rings is 1. The molecule has 3 saturated heterocycles. The lowest BCUT2D eigenvalue weighted by molar-refractivity contribution is -0.226. The molecule has 0 amide bonds. The fourth-order valence-electron chi connectivity index (χ4n) is 4.45. The molecule has 0 radical (unpaired) electrons. The molecule has 3 aliphatic rings. The van der Waals surface area contributed by atoms with Crippen LogP contribution in [0.2, 0.25) is 0 Å². The Hall–Kier alpha value is -0.0800. The number of hydrogen-bond acceptors (Lipinski definition) is 2. The van der Waals surface area contributed by atoms with Gasteiger partial charge in [-0.15, -0.1) is 0 Å². The zero-order valence-corrected chi connectivity index (χ0v) is 10.9. The van der Waals surface area contributed by atoms with Crippen molar-refractivity contribution >= 4 is 0 Å². The van der Waals surface area contributed by atoms with Gasteiger partial charge in [-0.25, -0.2) is 0 Å². The van der Waals surface area contributed by atoms with E-state index < -0.39 is 0 Å². The third-order valence-corrected chi connectivity index (χ3v) is 5.02. The van der Waals surface area contributed by atoms with Crippen molar-refractivity contribution < 1.29 is 0 Å². The highest BCUT2D eigenvalue weighted by Gasteiger charge is 2.58. The molecule has 0 aromatic carbocycles. The van der Waals surface area contributed by atoms with Crippen LogP contribution < -0.4 is 0 Å². The van der Waals surface area contributed by atoms with Gasteiger partial charge in [0.2, 0.25) is 0 Å². The first-order valence-electron chi connectivity index (χ1n) is 7.23. The second-order valence-electron chi connectivity index (χ2n) is 6.45. The van der Waals surface area contributed by atoms with Crippen molar-refractivity contribution in [1.29, 1.82) is 0 Å². The highest BCUT2D eigenvalue weighted by molar-refractivity contribution is 5.09. The van der Waals surface area contributed by atoms with Crippen LogP contribution in [0.3, 0.4) is 0 Å². The second-order valence-corrected chi connectivity index (χ2v) is 6.45. The molecule has 3 rings (SSSR count). The summed E-state index contributed by atoms with van der Waals surface area (Å²) in [7, 11) is 0. The van der Waals surface area contributed by atoms with E-state index in [1.807, 2.05) is 0 Å². The molecule has 2 nitrogen and oxygen atoms in total. The van der Waals surface area contributed by atoms with Gasteiger partial charge in [0.25, 0.3) is 0 Å². The maximum absolute atomic E-state index is 2.83. The molecule has 2 heteroatoms. The van der Waals surface area contributed by atoms with E-state index in [1.165, 1.54) is 58.3 Å². The van der Waals surface area contributed by atoms with E-state index in [4.69, 9.17) is 0 Å². The van der Waals surface area contributed by atoms with E-state index in [0.717, 1.165) is 11.8 Å². The van der Waals surface area contributed by atoms with E-state index in [1.54, 1.807) is 0 Å². The summed E-state index contributed by atoms with van der Waals surface area (Å²) in [6.45, 7) is 10.3. The topological polar surface area (TPSA) is 6.48 Å². The standard InChI is InChI=1S/C14H26N2/c1-12(2)10-13-11-16-9-5-8-15-7-4-3-6-14(13,15)16/h12-13H,3-11H2,1-2H3. The third kappa shape index (κ3) is 1.46. The molecule has 2 atom stereocenters. The van der Waals surface area contributed by atoms with Crippen molar-refractivity contribution in [3.8, 4) is 0 Å². The largest absolute Gasteiger partial charge is 0.285 e. The smallest absolute Gasteiger partial charge is 0.0779 e. The summed E-state index contributed by atoms with van der Waals surface area (Å²) >= 11 is 0. The fraction of sp³-hybridized carbons (Fsp3) is 1.00. The Bertz CT molecular complexity index is 261. The lowest BCUT2D eigenvalue weighted by atomic mass is 9.69. The van der Waals surface area contributed by atoms with Gasteiger partial charge in [-0.3, -0.25) is 9.80 Å². The molecule has 1 spiro atoms. The van der Waals surface area contributed by atoms with Gasteiger partial charge < -0.3 is 0 Å². The van der Waals surface area contributed by atoms with E-state index in [-0.39, 0.29) is 0 Å². The zero-order valence-electron chi connectivity index (χ0n) is 10.9. The molecule has 0 bridgehead atoms. The van der Waals surface area contributed by atoms with Crippen molar-refractivity contribution in [2.75, 3.05) is 26.2 Å². The summed E-state index contributed by atoms with van der Waals surface area (Å²) in [4.78, 5) is 5.62. The number of nitrogens with zero attached hydrogens (tertiary/aromatic N) is 2. The molecule has 16 heavy (non-hydrogen) atoms. The Morgan fingerprint density at radius 3 is 2.62 bits per heavy atom. The third-order valence-electron chi connectivity index (χ3n) is 5.02. The summed E-state index contributed by atoms with van der Waals surface area (Å²) in [5, 5.41) is 0. The maximum Gasteiger partial charge on any atom is 0.0779 e. The average Bonchev–Trinajstić information content (AvgIpc) is 2.27. The maximum atomic E-state index is 2.83.